The van der Waals surface area contributed by atoms with Crippen molar-refractivity contribution in [1.29, 1.82) is 0 Å². The third-order valence-corrected chi connectivity index (χ3v) is 3.04. The number of nitrogens with zero attached hydrogens (tertiary/aromatic N) is 2. The Morgan fingerprint density at radius 3 is 2.30 bits per heavy atom. The molecular formula is C12H12Cl2FN5. The van der Waals surface area contributed by atoms with E-state index in [9.17, 15) is 4.39 Å². The first-order valence-corrected chi connectivity index (χ1v) is 6.55. The predicted molar refractivity (Wildman–Crippen MR) is 78.9 cm³/mol. The third-order valence-electron chi connectivity index (χ3n) is 2.49. The quantitative estimate of drug-likeness (QED) is 0.457. The minimum absolute atomic E-state index is 0.0676. The van der Waals surface area contributed by atoms with Crippen molar-refractivity contribution in [1.82, 2.24) is 9.97 Å². The van der Waals surface area contributed by atoms with E-state index in [1.165, 1.54) is 12.1 Å². The Labute approximate surface area is 125 Å². The summed E-state index contributed by atoms with van der Waals surface area (Å²) in [4.78, 5) is 8.44. The van der Waals surface area contributed by atoms with Gasteiger partial charge in [0.25, 0.3) is 0 Å². The van der Waals surface area contributed by atoms with Crippen LogP contribution in [0, 0.1) is 5.82 Å². The molecule has 5 nitrogen and oxygen atoms in total. The van der Waals surface area contributed by atoms with E-state index in [2.05, 4.69) is 20.7 Å². The summed E-state index contributed by atoms with van der Waals surface area (Å²) >= 11 is 11.5. The smallest absolute Gasteiger partial charge is 0.160 e. The summed E-state index contributed by atoms with van der Waals surface area (Å²) in [6.07, 6.45) is 0.648. The molecule has 0 saturated carbocycles. The number of hydrazine groups is 1. The third kappa shape index (κ3) is 3.27. The van der Waals surface area contributed by atoms with E-state index in [1.807, 2.05) is 6.92 Å². The van der Waals surface area contributed by atoms with E-state index >= 15 is 0 Å². The first kappa shape index (κ1) is 14.8. The number of nitrogens with two attached hydrogens (primary N) is 1. The molecule has 0 aliphatic carbocycles. The van der Waals surface area contributed by atoms with Crippen LogP contribution in [0.2, 0.25) is 10.0 Å². The van der Waals surface area contributed by atoms with Gasteiger partial charge in [0.2, 0.25) is 0 Å². The predicted octanol–water partition coefficient (Wildman–Crippen LogP) is 3.51. The van der Waals surface area contributed by atoms with Gasteiger partial charge in [0.05, 0.1) is 10.0 Å². The number of hydrogen-bond donors (Lipinski definition) is 3. The van der Waals surface area contributed by atoms with E-state index in [4.69, 9.17) is 29.0 Å². The minimum atomic E-state index is -0.653. The molecule has 0 aliphatic heterocycles. The number of halogens is 3. The van der Waals surface area contributed by atoms with E-state index in [0.717, 1.165) is 0 Å². The lowest BCUT2D eigenvalue weighted by atomic mass is 10.3. The molecule has 1 aromatic heterocycles. The molecule has 1 heterocycles. The normalized spacial score (nSPS) is 10.4. The Hall–Kier alpha value is -1.63. The fraction of sp³-hybridized carbons (Fsp3) is 0.167. The Bertz CT molecular complexity index is 590. The number of hydrogen-bond acceptors (Lipinski definition) is 5. The molecule has 20 heavy (non-hydrogen) atoms. The SMILES string of the molecule is CCc1nc(NN)cc(Nc2cc(Cl)c(F)c(Cl)c2)n1. The second-order valence-electron chi connectivity index (χ2n) is 3.93. The van der Waals surface area contributed by atoms with Crippen LogP contribution in [0.5, 0.6) is 0 Å². The fourth-order valence-corrected chi connectivity index (χ4v) is 2.06. The van der Waals surface area contributed by atoms with Gasteiger partial charge in [-0.25, -0.2) is 20.2 Å². The molecule has 0 bridgehead atoms. The van der Waals surface area contributed by atoms with E-state index < -0.39 is 5.82 Å². The summed E-state index contributed by atoms with van der Waals surface area (Å²) in [7, 11) is 0. The molecule has 0 saturated heterocycles. The Morgan fingerprint density at radius 1 is 1.15 bits per heavy atom. The van der Waals surface area contributed by atoms with Crippen LogP contribution >= 0.6 is 23.2 Å². The van der Waals surface area contributed by atoms with Crippen molar-refractivity contribution in [3.63, 3.8) is 0 Å². The van der Waals surface area contributed by atoms with Gasteiger partial charge in [0, 0.05) is 18.2 Å². The molecule has 0 fully saturated rings. The maximum Gasteiger partial charge on any atom is 0.160 e. The molecule has 0 spiro atoms. The van der Waals surface area contributed by atoms with Gasteiger partial charge in [-0.2, -0.15) is 0 Å². The fourth-order valence-electron chi connectivity index (χ4n) is 1.57. The lowest BCUT2D eigenvalue weighted by Crippen LogP contribution is -2.11. The summed E-state index contributed by atoms with van der Waals surface area (Å²) in [6.45, 7) is 1.92. The average Bonchev–Trinajstić information content (AvgIpc) is 2.44. The van der Waals surface area contributed by atoms with Crippen molar-refractivity contribution in [3.8, 4) is 0 Å². The largest absolute Gasteiger partial charge is 0.340 e. The number of anilines is 3. The van der Waals surface area contributed by atoms with Gasteiger partial charge in [-0.1, -0.05) is 30.1 Å². The number of rotatable bonds is 4. The van der Waals surface area contributed by atoms with Crippen LogP contribution < -0.4 is 16.6 Å². The zero-order valence-corrected chi connectivity index (χ0v) is 12.1. The van der Waals surface area contributed by atoms with Crippen LogP contribution in [0.25, 0.3) is 0 Å². The average molecular weight is 316 g/mol. The number of nitrogens with one attached hydrogen (secondary N) is 2. The number of aryl methyl sites for hydroxylation is 1. The molecule has 0 amide bonds. The van der Waals surface area contributed by atoms with Crippen molar-refractivity contribution >= 4 is 40.5 Å². The van der Waals surface area contributed by atoms with Crippen molar-refractivity contribution < 1.29 is 4.39 Å². The van der Waals surface area contributed by atoms with Gasteiger partial charge < -0.3 is 10.7 Å². The van der Waals surface area contributed by atoms with Crippen LogP contribution in [0.15, 0.2) is 18.2 Å². The highest BCUT2D eigenvalue weighted by molar-refractivity contribution is 6.35. The van der Waals surface area contributed by atoms with Gasteiger partial charge in [-0.05, 0) is 12.1 Å². The molecular weight excluding hydrogens is 304 g/mol. The van der Waals surface area contributed by atoms with E-state index in [0.29, 0.717) is 29.6 Å². The first-order chi connectivity index (χ1) is 9.53. The second-order valence-corrected chi connectivity index (χ2v) is 4.75. The molecule has 4 N–H and O–H groups in total. The van der Waals surface area contributed by atoms with E-state index in [1.54, 1.807) is 6.07 Å². The highest BCUT2D eigenvalue weighted by Gasteiger charge is 2.09. The number of nitrogen functional groups attached to an aromatic ring is 1. The topological polar surface area (TPSA) is 75.9 Å². The first-order valence-electron chi connectivity index (χ1n) is 5.79. The second kappa shape index (κ2) is 6.21. The Kier molecular flexibility index (Phi) is 4.59. The number of benzene rings is 1. The maximum absolute atomic E-state index is 13.3. The molecule has 2 rings (SSSR count). The molecule has 0 unspecified atom stereocenters. The van der Waals surface area contributed by atoms with Crippen molar-refractivity contribution in [2.24, 2.45) is 5.84 Å². The molecule has 8 heteroatoms. The van der Waals surface area contributed by atoms with Gasteiger partial charge in [0.15, 0.2) is 5.82 Å². The Morgan fingerprint density at radius 2 is 1.75 bits per heavy atom. The van der Waals surface area contributed by atoms with Crippen LogP contribution in [0.4, 0.5) is 21.7 Å². The number of aromatic nitrogens is 2. The van der Waals surface area contributed by atoms with Gasteiger partial charge in [0.1, 0.15) is 17.5 Å². The lowest BCUT2D eigenvalue weighted by Gasteiger charge is -2.10. The molecule has 1 aromatic carbocycles. The Balaban J connectivity index is 2.34. The van der Waals surface area contributed by atoms with Crippen LogP contribution in [-0.4, -0.2) is 9.97 Å². The molecule has 106 valence electrons. The zero-order chi connectivity index (χ0) is 14.7. The molecule has 0 atom stereocenters. The van der Waals surface area contributed by atoms with Crippen LogP contribution in [0.3, 0.4) is 0 Å². The van der Waals surface area contributed by atoms with Crippen LogP contribution in [0.1, 0.15) is 12.7 Å². The summed E-state index contributed by atoms with van der Waals surface area (Å²) in [5.74, 6) is 6.28. The summed E-state index contributed by atoms with van der Waals surface area (Å²) in [5, 5.41) is 2.84. The molecule has 0 aliphatic rings. The standard InChI is InChI=1S/C12H12Cl2FN5/c1-2-9-18-10(5-11(19-9)20-16)17-6-3-7(13)12(15)8(14)4-6/h3-5H,2,16H2,1H3,(H2,17,18,19,20). The summed E-state index contributed by atoms with van der Waals surface area (Å²) in [5.41, 5.74) is 2.98. The minimum Gasteiger partial charge on any atom is -0.340 e. The van der Waals surface area contributed by atoms with Gasteiger partial charge >= 0.3 is 0 Å². The highest BCUT2D eigenvalue weighted by Crippen LogP contribution is 2.29. The molecule has 0 radical (unpaired) electrons. The van der Waals surface area contributed by atoms with Crippen molar-refractivity contribution in [2.75, 3.05) is 10.7 Å². The zero-order valence-electron chi connectivity index (χ0n) is 10.5. The van der Waals surface area contributed by atoms with Gasteiger partial charge in [-0.3, -0.25) is 0 Å². The highest BCUT2D eigenvalue weighted by atomic mass is 35.5. The van der Waals surface area contributed by atoms with Crippen LogP contribution in [-0.2, 0) is 6.42 Å². The van der Waals surface area contributed by atoms with Gasteiger partial charge in [-0.15, -0.1) is 0 Å². The maximum atomic E-state index is 13.3. The monoisotopic (exact) mass is 315 g/mol. The summed E-state index contributed by atoms with van der Waals surface area (Å²) < 4.78 is 13.3. The van der Waals surface area contributed by atoms with Crippen molar-refractivity contribution in [3.05, 3.63) is 39.9 Å². The molecule has 2 aromatic rings. The summed E-state index contributed by atoms with van der Waals surface area (Å²) in [6, 6.07) is 4.46. The lowest BCUT2D eigenvalue weighted by molar-refractivity contribution is 0.629. The van der Waals surface area contributed by atoms with E-state index in [-0.39, 0.29) is 10.0 Å². The van der Waals surface area contributed by atoms with Crippen molar-refractivity contribution in [2.45, 2.75) is 13.3 Å².